The number of hydrogen-bond acceptors (Lipinski definition) is 8. The third-order valence-electron chi connectivity index (χ3n) is 4.66. The van der Waals surface area contributed by atoms with Crippen LogP contribution in [0.5, 0.6) is 0 Å². The Balaban J connectivity index is 1.45. The number of hydrogen-bond donors (Lipinski definition) is 2. The summed E-state index contributed by atoms with van der Waals surface area (Å²) in [6, 6.07) is 3.26. The van der Waals surface area contributed by atoms with Gasteiger partial charge in [0, 0.05) is 6.20 Å². The van der Waals surface area contributed by atoms with E-state index >= 15 is 0 Å². The summed E-state index contributed by atoms with van der Waals surface area (Å²) in [5, 5.41) is 1.97. The summed E-state index contributed by atoms with van der Waals surface area (Å²) in [6.07, 6.45) is 3.22. The number of fused-ring (bicyclic) bond motifs is 2. The number of thiophene rings is 1. The molecule has 0 aliphatic rings. The molecule has 1 atom stereocenters. The summed E-state index contributed by atoms with van der Waals surface area (Å²) in [4.78, 5) is 37.4. The van der Waals surface area contributed by atoms with Crippen molar-refractivity contribution in [2.75, 3.05) is 13.2 Å². The maximum atomic E-state index is 12.8. The summed E-state index contributed by atoms with van der Waals surface area (Å²) in [5.41, 5.74) is 6.96. The van der Waals surface area contributed by atoms with Gasteiger partial charge in [0.2, 0.25) is 5.78 Å². The zero-order chi connectivity index (χ0) is 21.3. The molecule has 0 amide bonds. The summed E-state index contributed by atoms with van der Waals surface area (Å²) in [5.74, 6) is -0.0209. The second kappa shape index (κ2) is 8.38. The standard InChI is InChI=1S/C19H22N6O4S/c1-11(2)14(20)18(27)29-6-5-28-10-24-9-21-15-16(24)23-19-22-12(8-25(19)17(15)26)13-4-3-7-30-13/h3-4,7-9,11,14H,5-6,10,20H2,1-2H3,(H,22,23)/t14-/m1/s1. The number of carbonyl (C=O) groups excluding carboxylic acids is 1. The quantitative estimate of drug-likeness (QED) is 0.321. The minimum atomic E-state index is -0.651. The highest BCUT2D eigenvalue weighted by atomic mass is 32.1. The first-order valence-electron chi connectivity index (χ1n) is 9.45. The first kappa shape index (κ1) is 20.3. The van der Waals surface area contributed by atoms with Gasteiger partial charge < -0.3 is 20.2 Å². The van der Waals surface area contributed by atoms with Crippen molar-refractivity contribution in [3.8, 4) is 10.6 Å². The van der Waals surface area contributed by atoms with E-state index in [2.05, 4.69) is 15.0 Å². The average Bonchev–Trinajstić information content (AvgIpc) is 3.46. The van der Waals surface area contributed by atoms with Crippen LogP contribution in [0.4, 0.5) is 0 Å². The Hall–Kier alpha value is -3.02. The molecule has 30 heavy (non-hydrogen) atoms. The summed E-state index contributed by atoms with van der Waals surface area (Å²) >= 11 is 1.57. The van der Waals surface area contributed by atoms with Crippen molar-refractivity contribution < 1.29 is 14.3 Å². The van der Waals surface area contributed by atoms with E-state index in [9.17, 15) is 9.59 Å². The minimum absolute atomic E-state index is 0.00567. The van der Waals surface area contributed by atoms with Crippen molar-refractivity contribution in [1.29, 1.82) is 0 Å². The number of esters is 1. The van der Waals surface area contributed by atoms with E-state index in [1.165, 1.54) is 10.7 Å². The van der Waals surface area contributed by atoms with Crippen LogP contribution in [0.15, 0.2) is 34.8 Å². The molecule has 3 N–H and O–H groups in total. The van der Waals surface area contributed by atoms with Crippen LogP contribution < -0.4 is 11.3 Å². The van der Waals surface area contributed by atoms with Crippen LogP contribution in [-0.4, -0.2) is 49.1 Å². The van der Waals surface area contributed by atoms with Gasteiger partial charge in [-0.1, -0.05) is 19.9 Å². The van der Waals surface area contributed by atoms with E-state index in [0.29, 0.717) is 11.4 Å². The molecule has 10 nitrogen and oxygen atoms in total. The van der Waals surface area contributed by atoms with Crippen molar-refractivity contribution in [2.24, 2.45) is 11.7 Å². The number of nitrogens with zero attached hydrogens (tertiary/aromatic N) is 4. The monoisotopic (exact) mass is 430 g/mol. The second-order valence-electron chi connectivity index (χ2n) is 7.12. The molecule has 0 fully saturated rings. The fourth-order valence-electron chi connectivity index (χ4n) is 2.88. The van der Waals surface area contributed by atoms with Gasteiger partial charge in [0.05, 0.1) is 23.5 Å². The zero-order valence-electron chi connectivity index (χ0n) is 16.6. The number of nitrogens with one attached hydrogen (secondary N) is 1. The van der Waals surface area contributed by atoms with Gasteiger partial charge in [0.1, 0.15) is 19.4 Å². The van der Waals surface area contributed by atoms with Crippen molar-refractivity contribution in [3.63, 3.8) is 0 Å². The molecular weight excluding hydrogens is 408 g/mol. The van der Waals surface area contributed by atoms with Crippen LogP contribution >= 0.6 is 11.3 Å². The van der Waals surface area contributed by atoms with Crippen LogP contribution in [0.25, 0.3) is 27.5 Å². The maximum absolute atomic E-state index is 12.8. The Kier molecular flexibility index (Phi) is 5.66. The lowest BCUT2D eigenvalue weighted by Crippen LogP contribution is -2.37. The highest BCUT2D eigenvalue weighted by Gasteiger charge is 2.18. The molecule has 0 unspecified atom stereocenters. The Labute approximate surface area is 175 Å². The van der Waals surface area contributed by atoms with Crippen LogP contribution in [0.2, 0.25) is 0 Å². The number of aromatic nitrogens is 5. The molecule has 158 valence electrons. The Morgan fingerprint density at radius 1 is 1.37 bits per heavy atom. The largest absolute Gasteiger partial charge is 0.462 e. The summed E-state index contributed by atoms with van der Waals surface area (Å²) < 4.78 is 13.7. The number of H-pyrrole nitrogens is 1. The highest BCUT2D eigenvalue weighted by Crippen LogP contribution is 2.23. The average molecular weight is 430 g/mol. The molecule has 0 aromatic carbocycles. The van der Waals surface area contributed by atoms with Gasteiger partial charge in [-0.05, 0) is 17.4 Å². The number of nitrogens with two attached hydrogens (primary N) is 1. The molecule has 11 heteroatoms. The fraction of sp³-hybridized carbons (Fsp3) is 0.368. The molecule has 4 aromatic rings. The third kappa shape index (κ3) is 3.86. The van der Waals surface area contributed by atoms with E-state index in [1.807, 2.05) is 31.4 Å². The molecule has 4 heterocycles. The lowest BCUT2D eigenvalue weighted by atomic mass is 10.1. The van der Waals surface area contributed by atoms with Crippen LogP contribution in [0, 0.1) is 5.92 Å². The second-order valence-corrected chi connectivity index (χ2v) is 8.06. The van der Waals surface area contributed by atoms with Crippen LogP contribution in [-0.2, 0) is 21.0 Å². The maximum Gasteiger partial charge on any atom is 0.323 e. The Bertz CT molecular complexity index is 1220. The number of carbonyl (C=O) groups is 1. The van der Waals surface area contributed by atoms with Gasteiger partial charge in [0.25, 0.3) is 5.56 Å². The number of aromatic amines is 1. The number of ether oxygens (including phenoxy) is 2. The lowest BCUT2D eigenvalue weighted by molar-refractivity contribution is -0.148. The third-order valence-corrected chi connectivity index (χ3v) is 5.56. The molecule has 0 aliphatic heterocycles. The van der Waals surface area contributed by atoms with Gasteiger partial charge in [-0.15, -0.1) is 11.3 Å². The van der Waals surface area contributed by atoms with E-state index in [0.717, 1.165) is 10.6 Å². The van der Waals surface area contributed by atoms with Gasteiger partial charge in [0.15, 0.2) is 11.2 Å². The topological polar surface area (TPSA) is 130 Å². The normalized spacial score (nSPS) is 12.8. The fourth-order valence-corrected chi connectivity index (χ4v) is 3.57. The first-order valence-corrected chi connectivity index (χ1v) is 10.3. The zero-order valence-corrected chi connectivity index (χ0v) is 17.4. The molecule has 0 radical (unpaired) electrons. The molecule has 0 saturated heterocycles. The highest BCUT2D eigenvalue weighted by molar-refractivity contribution is 7.13. The molecule has 4 rings (SSSR count). The molecule has 0 aliphatic carbocycles. The van der Waals surface area contributed by atoms with Crippen LogP contribution in [0.1, 0.15) is 13.8 Å². The number of imidazole rings is 2. The summed E-state index contributed by atoms with van der Waals surface area (Å²) in [7, 11) is 0. The van der Waals surface area contributed by atoms with Crippen molar-refractivity contribution >= 4 is 34.2 Å². The van der Waals surface area contributed by atoms with E-state index < -0.39 is 12.0 Å². The summed E-state index contributed by atoms with van der Waals surface area (Å²) in [6.45, 7) is 4.10. The first-order chi connectivity index (χ1) is 14.5. The predicted octanol–water partition coefficient (Wildman–Crippen LogP) is 1.60. The molecule has 0 bridgehead atoms. The predicted molar refractivity (Wildman–Crippen MR) is 112 cm³/mol. The lowest BCUT2D eigenvalue weighted by Gasteiger charge is -2.14. The van der Waals surface area contributed by atoms with E-state index in [1.54, 1.807) is 22.1 Å². The minimum Gasteiger partial charge on any atom is -0.462 e. The van der Waals surface area contributed by atoms with Gasteiger partial charge in [-0.2, -0.15) is 4.98 Å². The van der Waals surface area contributed by atoms with Gasteiger partial charge in [-0.3, -0.25) is 14.2 Å². The Morgan fingerprint density at radius 3 is 2.93 bits per heavy atom. The van der Waals surface area contributed by atoms with E-state index in [-0.39, 0.29) is 36.9 Å². The van der Waals surface area contributed by atoms with Gasteiger partial charge >= 0.3 is 5.97 Å². The molecule has 0 spiro atoms. The molecule has 4 aromatic heterocycles. The SMILES string of the molecule is CC(C)[C@@H](N)C(=O)OCCOCn1cnc2c(=O)n3cc(-c4cccs4)[nH]c3nc21. The Morgan fingerprint density at radius 2 is 2.20 bits per heavy atom. The van der Waals surface area contributed by atoms with Crippen LogP contribution in [0.3, 0.4) is 0 Å². The van der Waals surface area contributed by atoms with Crippen molar-refractivity contribution in [2.45, 2.75) is 26.6 Å². The molecule has 0 saturated carbocycles. The smallest absolute Gasteiger partial charge is 0.323 e. The van der Waals surface area contributed by atoms with Crippen molar-refractivity contribution in [1.82, 2.24) is 23.9 Å². The van der Waals surface area contributed by atoms with E-state index in [4.69, 9.17) is 15.2 Å². The van der Waals surface area contributed by atoms with Crippen molar-refractivity contribution in [3.05, 3.63) is 40.4 Å². The molecular formula is C19H22N6O4S. The number of rotatable bonds is 8. The van der Waals surface area contributed by atoms with Gasteiger partial charge in [-0.25, -0.2) is 9.38 Å².